The minimum atomic E-state index is -1.08. The summed E-state index contributed by atoms with van der Waals surface area (Å²) in [7, 11) is -1.08. The van der Waals surface area contributed by atoms with Crippen molar-refractivity contribution in [2.24, 2.45) is 0 Å². The van der Waals surface area contributed by atoms with Crippen LogP contribution in [0.4, 0.5) is 0 Å². The maximum absolute atomic E-state index is 10.7. The predicted molar refractivity (Wildman–Crippen MR) is 101 cm³/mol. The molecule has 2 aromatic rings. The summed E-state index contributed by atoms with van der Waals surface area (Å²) >= 11 is 0. The molecule has 0 aromatic heterocycles. The van der Waals surface area contributed by atoms with Crippen LogP contribution in [0.2, 0.25) is 13.1 Å². The first-order valence-electron chi connectivity index (χ1n) is 8.43. The molecule has 23 heavy (non-hydrogen) atoms. The first-order valence-corrected chi connectivity index (χ1v) is 11.2. The lowest BCUT2D eigenvalue weighted by Gasteiger charge is -2.21. The van der Waals surface area contributed by atoms with Gasteiger partial charge in [-0.1, -0.05) is 51.1 Å². The van der Waals surface area contributed by atoms with E-state index in [-0.39, 0.29) is 5.41 Å². The molecule has 0 atom stereocenters. The lowest BCUT2D eigenvalue weighted by Crippen LogP contribution is -2.11. The quantitative estimate of drug-likeness (QED) is 0.564. The second-order valence-corrected chi connectivity index (χ2v) is 9.89. The van der Waals surface area contributed by atoms with E-state index in [1.807, 2.05) is 0 Å². The number of fused-ring (bicyclic) bond motifs is 1. The van der Waals surface area contributed by atoms with E-state index in [9.17, 15) is 4.79 Å². The third-order valence-electron chi connectivity index (χ3n) is 4.19. The van der Waals surface area contributed by atoms with Gasteiger partial charge in [0.05, 0.1) is 6.61 Å². The van der Waals surface area contributed by atoms with Crippen molar-refractivity contribution in [2.45, 2.75) is 58.7 Å². The second kappa shape index (κ2) is 7.41. The van der Waals surface area contributed by atoms with Crippen LogP contribution in [0, 0.1) is 0 Å². The molecule has 0 aliphatic heterocycles. The first kappa shape index (κ1) is 17.9. The zero-order chi connectivity index (χ0) is 17.0. The van der Waals surface area contributed by atoms with E-state index >= 15 is 0 Å². The summed E-state index contributed by atoms with van der Waals surface area (Å²) in [6.07, 6.45) is 2.35. The van der Waals surface area contributed by atoms with E-state index in [2.05, 4.69) is 64.2 Å². The fourth-order valence-corrected chi connectivity index (χ4v) is 3.27. The molecule has 0 spiro atoms. The number of benzene rings is 2. The Hall–Kier alpha value is -1.45. The van der Waals surface area contributed by atoms with E-state index in [1.165, 1.54) is 27.5 Å². The van der Waals surface area contributed by atoms with Crippen molar-refractivity contribution >= 4 is 26.1 Å². The Kier molecular flexibility index (Phi) is 5.77. The molecule has 3 heteroatoms. The maximum atomic E-state index is 10.7. The van der Waals surface area contributed by atoms with Crippen LogP contribution in [0.5, 0.6) is 0 Å². The molecule has 0 radical (unpaired) electrons. The fraction of sp³-hybridized carbons (Fsp3) is 0.450. The van der Waals surface area contributed by atoms with Crippen LogP contribution < -0.4 is 0 Å². The Balaban J connectivity index is 2.51. The highest BCUT2D eigenvalue weighted by Gasteiger charge is 2.15. The highest BCUT2D eigenvalue weighted by molar-refractivity contribution is 6.48. The Morgan fingerprint density at radius 2 is 1.87 bits per heavy atom. The maximum Gasteiger partial charge on any atom is 0.171 e. The largest absolute Gasteiger partial charge is 0.416 e. The Morgan fingerprint density at radius 3 is 2.48 bits per heavy atom. The lowest BCUT2D eigenvalue weighted by molar-refractivity contribution is -0.107. The second-order valence-electron chi connectivity index (χ2n) is 7.45. The highest BCUT2D eigenvalue weighted by atomic mass is 28.3. The molecule has 124 valence electrons. The number of hydrogen-bond donors (Lipinski definition) is 0. The first-order chi connectivity index (χ1) is 10.8. The van der Waals surface area contributed by atoms with Crippen molar-refractivity contribution in [2.75, 3.05) is 0 Å². The molecule has 0 aliphatic carbocycles. The van der Waals surface area contributed by atoms with Gasteiger partial charge < -0.3 is 9.22 Å². The molecule has 2 rings (SSSR count). The van der Waals surface area contributed by atoms with Crippen LogP contribution in [0.25, 0.3) is 10.8 Å². The number of hydrogen-bond acceptors (Lipinski definition) is 2. The summed E-state index contributed by atoms with van der Waals surface area (Å²) in [5.74, 6) is 0. The van der Waals surface area contributed by atoms with Gasteiger partial charge in [-0.3, -0.25) is 0 Å². The number of carbonyl (C=O) groups excluding carboxylic acids is 1. The Bertz CT molecular complexity index is 684. The molecule has 2 nitrogen and oxygen atoms in total. The van der Waals surface area contributed by atoms with Crippen LogP contribution >= 0.6 is 0 Å². The zero-order valence-electron chi connectivity index (χ0n) is 15.0. The molecule has 2 aromatic carbocycles. The molecule has 0 amide bonds. The van der Waals surface area contributed by atoms with Gasteiger partial charge in [-0.25, -0.2) is 0 Å². The molecule has 0 heterocycles. The molecule has 0 saturated carbocycles. The lowest BCUT2D eigenvalue weighted by atomic mass is 9.85. The molecule has 0 bridgehead atoms. The van der Waals surface area contributed by atoms with Crippen LogP contribution in [0.1, 0.15) is 43.9 Å². The van der Waals surface area contributed by atoms with Crippen molar-refractivity contribution in [3.8, 4) is 0 Å². The summed E-state index contributed by atoms with van der Waals surface area (Å²) in [6.45, 7) is 11.7. The van der Waals surface area contributed by atoms with E-state index in [1.54, 1.807) is 0 Å². The number of aryl methyl sites for hydroxylation is 1. The average Bonchev–Trinajstić information content (AvgIpc) is 2.49. The van der Waals surface area contributed by atoms with Crippen LogP contribution in [-0.4, -0.2) is 15.3 Å². The van der Waals surface area contributed by atoms with Crippen molar-refractivity contribution in [3.63, 3.8) is 0 Å². The van der Waals surface area contributed by atoms with E-state index in [0.717, 1.165) is 12.7 Å². The van der Waals surface area contributed by atoms with Crippen molar-refractivity contribution in [3.05, 3.63) is 47.0 Å². The zero-order valence-corrected chi connectivity index (χ0v) is 16.1. The van der Waals surface area contributed by atoms with Gasteiger partial charge in [-0.2, -0.15) is 0 Å². The minimum Gasteiger partial charge on any atom is -0.416 e. The van der Waals surface area contributed by atoms with Crippen LogP contribution in [0.3, 0.4) is 0 Å². The molecule has 0 saturated heterocycles. The van der Waals surface area contributed by atoms with Crippen molar-refractivity contribution in [1.82, 2.24) is 0 Å². The monoisotopic (exact) mass is 328 g/mol. The minimum absolute atomic E-state index is 0.145. The summed E-state index contributed by atoms with van der Waals surface area (Å²) in [6, 6.07) is 11.1. The van der Waals surface area contributed by atoms with Crippen molar-refractivity contribution in [1.29, 1.82) is 0 Å². The van der Waals surface area contributed by atoms with Crippen LogP contribution in [0.15, 0.2) is 30.3 Å². The molecule has 0 fully saturated rings. The molecular formula is C20H28O2Si. The van der Waals surface area contributed by atoms with Crippen molar-refractivity contribution < 1.29 is 9.22 Å². The highest BCUT2D eigenvalue weighted by Crippen LogP contribution is 2.30. The predicted octanol–water partition coefficient (Wildman–Crippen LogP) is 4.77. The molecular weight excluding hydrogens is 300 g/mol. The molecule has 0 aliphatic rings. The number of rotatable bonds is 6. The van der Waals surface area contributed by atoms with Gasteiger partial charge in [0.15, 0.2) is 9.04 Å². The van der Waals surface area contributed by atoms with Gasteiger partial charge in [-0.15, -0.1) is 0 Å². The summed E-state index contributed by atoms with van der Waals surface area (Å²) in [5, 5.41) is 2.52. The third kappa shape index (κ3) is 4.52. The molecule has 0 N–H and O–H groups in total. The van der Waals surface area contributed by atoms with Gasteiger partial charge in [-0.05, 0) is 52.4 Å². The van der Waals surface area contributed by atoms with E-state index in [0.29, 0.717) is 13.0 Å². The van der Waals surface area contributed by atoms with Crippen LogP contribution in [-0.2, 0) is 27.7 Å². The fourth-order valence-electron chi connectivity index (χ4n) is 2.77. The van der Waals surface area contributed by atoms with Gasteiger partial charge in [0.25, 0.3) is 0 Å². The van der Waals surface area contributed by atoms with E-state index in [4.69, 9.17) is 4.43 Å². The van der Waals surface area contributed by atoms with E-state index < -0.39 is 9.04 Å². The van der Waals surface area contributed by atoms with Gasteiger partial charge in [0.1, 0.15) is 6.29 Å². The average molecular weight is 329 g/mol. The van der Waals surface area contributed by atoms with Gasteiger partial charge in [0.2, 0.25) is 0 Å². The Morgan fingerprint density at radius 1 is 1.13 bits per heavy atom. The normalized spacial score (nSPS) is 12.1. The SMILES string of the molecule is C[SiH](C)OCc1c(CCC=O)ccc2cc(C(C)(C)C)ccc12. The smallest absolute Gasteiger partial charge is 0.171 e. The standard InChI is InChI=1S/C20H28O2Si/c1-20(2,3)17-10-11-18-16(13-17)9-8-15(7-6-12-21)19(18)14-22-23(4)5/h8-13,23H,6-7,14H2,1-5H3. The van der Waals surface area contributed by atoms with Gasteiger partial charge in [0, 0.05) is 6.42 Å². The summed E-state index contributed by atoms with van der Waals surface area (Å²) in [5.41, 5.74) is 3.98. The number of carbonyl (C=O) groups is 1. The third-order valence-corrected chi connectivity index (χ3v) is 5.02. The molecule has 0 unspecified atom stereocenters. The summed E-state index contributed by atoms with van der Waals surface area (Å²) in [4.78, 5) is 10.7. The van der Waals surface area contributed by atoms with Gasteiger partial charge >= 0.3 is 0 Å². The Labute approximate surface area is 141 Å². The summed E-state index contributed by atoms with van der Waals surface area (Å²) < 4.78 is 6.00. The topological polar surface area (TPSA) is 26.3 Å². The number of aldehydes is 1.